The lowest BCUT2D eigenvalue weighted by Gasteiger charge is -2.08. The molecule has 0 bridgehead atoms. The summed E-state index contributed by atoms with van der Waals surface area (Å²) < 4.78 is 12.0. The molecule has 0 amide bonds. The maximum absolute atomic E-state index is 10.9. The predicted molar refractivity (Wildman–Crippen MR) is 68.7 cm³/mol. The van der Waals surface area contributed by atoms with Crippen molar-refractivity contribution in [2.75, 3.05) is 14.2 Å². The van der Waals surface area contributed by atoms with Crippen molar-refractivity contribution in [2.45, 2.75) is 0 Å². The number of benzene rings is 1. The van der Waals surface area contributed by atoms with E-state index in [2.05, 4.69) is 4.98 Å². The Morgan fingerprint density at radius 3 is 2.21 bits per heavy atom. The molecular formula is C13H14N2O4. The zero-order chi connectivity index (χ0) is 14.0. The third-order valence-corrected chi connectivity index (χ3v) is 2.71. The lowest BCUT2D eigenvalue weighted by Crippen LogP contribution is -1.95. The Bertz CT molecular complexity index is 597. The summed E-state index contributed by atoms with van der Waals surface area (Å²) in [5.41, 5.74) is 0.727. The van der Waals surface area contributed by atoms with Gasteiger partial charge in [-0.05, 0) is 12.1 Å². The van der Waals surface area contributed by atoms with E-state index < -0.39 is 5.97 Å². The second-order valence-corrected chi connectivity index (χ2v) is 3.97. The van der Waals surface area contributed by atoms with Crippen LogP contribution < -0.4 is 9.47 Å². The largest absolute Gasteiger partial charge is 0.497 e. The van der Waals surface area contributed by atoms with Crippen LogP contribution in [0.3, 0.4) is 0 Å². The van der Waals surface area contributed by atoms with Crippen molar-refractivity contribution in [3.8, 4) is 22.9 Å². The number of rotatable bonds is 4. The zero-order valence-electron chi connectivity index (χ0n) is 10.9. The fourth-order valence-corrected chi connectivity index (χ4v) is 1.77. The summed E-state index contributed by atoms with van der Waals surface area (Å²) in [6.45, 7) is 0. The Hall–Kier alpha value is -2.50. The lowest BCUT2D eigenvalue weighted by molar-refractivity contribution is 0.0691. The summed E-state index contributed by atoms with van der Waals surface area (Å²) in [6.07, 6.45) is 1.46. The highest BCUT2D eigenvalue weighted by atomic mass is 16.5. The number of hydrogen-bond donors (Lipinski definition) is 1. The average Bonchev–Trinajstić information content (AvgIpc) is 2.80. The third kappa shape index (κ3) is 2.52. The first-order valence-corrected chi connectivity index (χ1v) is 5.55. The lowest BCUT2D eigenvalue weighted by atomic mass is 10.2. The first-order valence-electron chi connectivity index (χ1n) is 5.55. The normalized spacial score (nSPS) is 10.3. The molecule has 2 rings (SSSR count). The second kappa shape index (κ2) is 5.01. The SMILES string of the molecule is COc1cc(OC)cc(-c2nc(C(=O)O)cn2C)c1. The van der Waals surface area contributed by atoms with Gasteiger partial charge in [0, 0.05) is 24.9 Å². The van der Waals surface area contributed by atoms with Gasteiger partial charge in [-0.3, -0.25) is 0 Å². The minimum Gasteiger partial charge on any atom is -0.497 e. The zero-order valence-corrected chi connectivity index (χ0v) is 10.9. The molecule has 0 spiro atoms. The van der Waals surface area contributed by atoms with Crippen LogP contribution in [0.15, 0.2) is 24.4 Å². The van der Waals surface area contributed by atoms with Crippen molar-refractivity contribution in [1.82, 2.24) is 9.55 Å². The predicted octanol–water partition coefficient (Wildman–Crippen LogP) is 1.80. The third-order valence-electron chi connectivity index (χ3n) is 2.71. The summed E-state index contributed by atoms with van der Waals surface area (Å²) in [6, 6.07) is 5.29. The van der Waals surface area contributed by atoms with Crippen LogP contribution in [-0.4, -0.2) is 34.8 Å². The summed E-state index contributed by atoms with van der Waals surface area (Å²) in [5.74, 6) is 0.717. The van der Waals surface area contributed by atoms with Crippen LogP contribution in [0.4, 0.5) is 0 Å². The molecule has 1 aromatic carbocycles. The van der Waals surface area contributed by atoms with Crippen molar-refractivity contribution in [1.29, 1.82) is 0 Å². The van der Waals surface area contributed by atoms with Crippen LogP contribution in [0.5, 0.6) is 11.5 Å². The molecule has 1 aromatic heterocycles. The van der Waals surface area contributed by atoms with E-state index >= 15 is 0 Å². The Morgan fingerprint density at radius 1 is 1.21 bits per heavy atom. The van der Waals surface area contributed by atoms with Gasteiger partial charge in [-0.25, -0.2) is 9.78 Å². The number of imidazole rings is 1. The highest BCUT2D eigenvalue weighted by Crippen LogP contribution is 2.29. The van der Waals surface area contributed by atoms with Gasteiger partial charge in [0.2, 0.25) is 0 Å². The number of aryl methyl sites for hydroxylation is 1. The van der Waals surface area contributed by atoms with Crippen LogP contribution in [0.2, 0.25) is 0 Å². The van der Waals surface area contributed by atoms with Gasteiger partial charge < -0.3 is 19.1 Å². The second-order valence-electron chi connectivity index (χ2n) is 3.97. The molecule has 1 N–H and O–H groups in total. The molecule has 0 atom stereocenters. The van der Waals surface area contributed by atoms with E-state index in [1.165, 1.54) is 6.20 Å². The fourth-order valence-electron chi connectivity index (χ4n) is 1.77. The molecule has 0 aliphatic heterocycles. The average molecular weight is 262 g/mol. The molecule has 0 unspecified atom stereocenters. The highest BCUT2D eigenvalue weighted by Gasteiger charge is 2.14. The number of methoxy groups -OCH3 is 2. The maximum atomic E-state index is 10.9. The van der Waals surface area contributed by atoms with E-state index in [1.54, 1.807) is 44.0 Å². The van der Waals surface area contributed by atoms with Gasteiger partial charge in [0.15, 0.2) is 5.69 Å². The van der Waals surface area contributed by atoms with Crippen LogP contribution in [0.25, 0.3) is 11.4 Å². The Balaban J connectivity index is 2.54. The monoisotopic (exact) mass is 262 g/mol. The fraction of sp³-hybridized carbons (Fsp3) is 0.231. The number of nitrogens with zero attached hydrogens (tertiary/aromatic N) is 2. The van der Waals surface area contributed by atoms with E-state index in [-0.39, 0.29) is 5.69 Å². The number of hydrogen-bond acceptors (Lipinski definition) is 4. The summed E-state index contributed by atoms with van der Waals surface area (Å²) >= 11 is 0. The van der Waals surface area contributed by atoms with Gasteiger partial charge in [0.1, 0.15) is 17.3 Å². The number of aromatic nitrogens is 2. The number of aromatic carboxylic acids is 1. The molecule has 6 heteroatoms. The maximum Gasteiger partial charge on any atom is 0.356 e. The molecule has 19 heavy (non-hydrogen) atoms. The van der Waals surface area contributed by atoms with Crippen molar-refractivity contribution < 1.29 is 19.4 Å². The Labute approximate surface area is 110 Å². The quantitative estimate of drug-likeness (QED) is 0.909. The molecule has 0 radical (unpaired) electrons. The first kappa shape index (κ1) is 12.9. The van der Waals surface area contributed by atoms with Crippen LogP contribution in [0, 0.1) is 0 Å². The molecule has 0 saturated heterocycles. The van der Waals surface area contributed by atoms with Crippen LogP contribution in [-0.2, 0) is 7.05 Å². The molecule has 6 nitrogen and oxygen atoms in total. The summed E-state index contributed by atoms with van der Waals surface area (Å²) in [7, 11) is 4.85. The number of carboxylic acid groups (broad SMARTS) is 1. The van der Waals surface area contributed by atoms with E-state index in [9.17, 15) is 4.79 Å². The Morgan fingerprint density at radius 2 is 1.79 bits per heavy atom. The molecule has 0 saturated carbocycles. The van der Waals surface area contributed by atoms with Crippen molar-refractivity contribution in [3.63, 3.8) is 0 Å². The van der Waals surface area contributed by atoms with Gasteiger partial charge in [0.25, 0.3) is 0 Å². The number of carbonyl (C=O) groups is 1. The highest BCUT2D eigenvalue weighted by molar-refractivity contribution is 5.86. The van der Waals surface area contributed by atoms with Crippen molar-refractivity contribution in [2.24, 2.45) is 7.05 Å². The van der Waals surface area contributed by atoms with Gasteiger partial charge >= 0.3 is 5.97 Å². The van der Waals surface area contributed by atoms with Crippen LogP contribution in [0.1, 0.15) is 10.5 Å². The minimum atomic E-state index is -1.06. The van der Waals surface area contributed by atoms with E-state index in [0.717, 1.165) is 5.56 Å². The van der Waals surface area contributed by atoms with Gasteiger partial charge in [-0.2, -0.15) is 0 Å². The molecule has 0 aliphatic carbocycles. The van der Waals surface area contributed by atoms with Gasteiger partial charge in [0.05, 0.1) is 14.2 Å². The van der Waals surface area contributed by atoms with Gasteiger partial charge in [-0.15, -0.1) is 0 Å². The van der Waals surface area contributed by atoms with Gasteiger partial charge in [-0.1, -0.05) is 0 Å². The summed E-state index contributed by atoms with van der Waals surface area (Å²) in [5, 5.41) is 8.95. The molecule has 0 fully saturated rings. The summed E-state index contributed by atoms with van der Waals surface area (Å²) in [4.78, 5) is 15.0. The number of carboxylic acids is 1. The van der Waals surface area contributed by atoms with E-state index in [0.29, 0.717) is 17.3 Å². The standard InChI is InChI=1S/C13H14N2O4/c1-15-7-11(13(16)17)14-12(15)8-4-9(18-2)6-10(5-8)19-3/h4-7H,1-3H3,(H,16,17). The first-order chi connectivity index (χ1) is 9.05. The molecule has 2 aromatic rings. The molecular weight excluding hydrogens is 248 g/mol. The minimum absolute atomic E-state index is 0.000660. The Kier molecular flexibility index (Phi) is 3.41. The molecule has 0 aliphatic rings. The molecule has 100 valence electrons. The van der Waals surface area contributed by atoms with E-state index in [4.69, 9.17) is 14.6 Å². The van der Waals surface area contributed by atoms with Crippen molar-refractivity contribution >= 4 is 5.97 Å². The smallest absolute Gasteiger partial charge is 0.356 e. The van der Waals surface area contributed by atoms with Crippen molar-refractivity contribution in [3.05, 3.63) is 30.1 Å². The number of ether oxygens (including phenoxy) is 2. The molecule has 1 heterocycles. The van der Waals surface area contributed by atoms with E-state index in [1.807, 2.05) is 0 Å². The van der Waals surface area contributed by atoms with Crippen LogP contribution >= 0.6 is 0 Å². The topological polar surface area (TPSA) is 73.6 Å².